The molecule has 2 N–H and O–H groups in total. The van der Waals surface area contributed by atoms with Gasteiger partial charge < -0.3 is 20.3 Å². The van der Waals surface area contributed by atoms with Crippen molar-refractivity contribution in [2.45, 2.75) is 19.1 Å². The van der Waals surface area contributed by atoms with E-state index in [2.05, 4.69) is 10.6 Å². The van der Waals surface area contributed by atoms with Gasteiger partial charge in [-0.2, -0.15) is 0 Å². The van der Waals surface area contributed by atoms with Crippen molar-refractivity contribution in [1.29, 1.82) is 0 Å². The first-order chi connectivity index (χ1) is 12.1. The molecule has 0 aliphatic carbocycles. The Morgan fingerprint density at radius 3 is 2.84 bits per heavy atom. The number of amides is 2. The lowest BCUT2D eigenvalue weighted by Gasteiger charge is -2.35. The molecule has 6 nitrogen and oxygen atoms in total. The minimum atomic E-state index is -0.637. The molecule has 2 aromatic rings. The van der Waals surface area contributed by atoms with Crippen molar-refractivity contribution in [2.24, 2.45) is 0 Å². The number of hydrogen-bond donors (Lipinski definition) is 2. The number of ether oxygens (including phenoxy) is 1. The van der Waals surface area contributed by atoms with E-state index in [-0.39, 0.29) is 24.4 Å². The van der Waals surface area contributed by atoms with Crippen LogP contribution < -0.4 is 20.3 Å². The molecule has 0 fully saturated rings. The zero-order valence-electron chi connectivity index (χ0n) is 14.2. The molecule has 3 rings (SSSR count). The van der Waals surface area contributed by atoms with Crippen molar-refractivity contribution in [3.8, 4) is 5.75 Å². The Balaban J connectivity index is 1.71. The van der Waals surface area contributed by atoms with Gasteiger partial charge in [-0.05, 0) is 30.5 Å². The lowest BCUT2D eigenvalue weighted by molar-refractivity contribution is -0.127. The highest BCUT2D eigenvalue weighted by Gasteiger charge is 2.31. The number of fused-ring (bicyclic) bond motifs is 1. The van der Waals surface area contributed by atoms with Crippen LogP contribution in [0.5, 0.6) is 5.75 Å². The minimum absolute atomic E-state index is 0.0430. The number of thiophene rings is 1. The number of carbonyl (C=O) groups excluding carboxylic acids is 2. The van der Waals surface area contributed by atoms with Crippen molar-refractivity contribution < 1.29 is 14.3 Å². The van der Waals surface area contributed by atoms with Crippen LogP contribution >= 0.6 is 11.3 Å². The second-order valence-corrected chi connectivity index (χ2v) is 6.85. The Bertz CT molecular complexity index is 748. The van der Waals surface area contributed by atoms with E-state index in [4.69, 9.17) is 4.74 Å². The molecule has 0 spiro atoms. The predicted octanol–water partition coefficient (Wildman–Crippen LogP) is 1.94. The molecule has 7 heteroatoms. The van der Waals surface area contributed by atoms with E-state index in [1.54, 1.807) is 18.4 Å². The van der Waals surface area contributed by atoms with Gasteiger partial charge in [0.1, 0.15) is 5.75 Å². The van der Waals surface area contributed by atoms with Gasteiger partial charge in [-0.15, -0.1) is 11.3 Å². The summed E-state index contributed by atoms with van der Waals surface area (Å²) in [6, 6.07) is 11.4. The van der Waals surface area contributed by atoms with Gasteiger partial charge >= 0.3 is 0 Å². The molecule has 132 valence electrons. The molecule has 0 unspecified atom stereocenters. The maximum atomic E-state index is 12.5. The summed E-state index contributed by atoms with van der Waals surface area (Å²) in [5.74, 6) is 0.321. The average Bonchev–Trinajstić information content (AvgIpc) is 3.15. The van der Waals surface area contributed by atoms with Crippen molar-refractivity contribution in [2.75, 3.05) is 25.0 Å². The minimum Gasteiger partial charge on any atom is -0.477 e. The Morgan fingerprint density at radius 1 is 1.32 bits per heavy atom. The number of likely N-dealkylation sites (N-methyl/N-ethyl adjacent to an activating group) is 1. The summed E-state index contributed by atoms with van der Waals surface area (Å²) < 4.78 is 5.75. The van der Waals surface area contributed by atoms with Gasteiger partial charge in [-0.1, -0.05) is 18.2 Å². The third kappa shape index (κ3) is 3.93. The van der Waals surface area contributed by atoms with Gasteiger partial charge in [-0.3, -0.25) is 9.59 Å². The maximum absolute atomic E-state index is 12.5. The van der Waals surface area contributed by atoms with Crippen LogP contribution in [0, 0.1) is 0 Å². The molecule has 0 saturated heterocycles. The van der Waals surface area contributed by atoms with E-state index in [1.807, 2.05) is 53.6 Å². The van der Waals surface area contributed by atoms with Gasteiger partial charge in [0.2, 0.25) is 5.91 Å². The van der Waals surface area contributed by atoms with Crippen molar-refractivity contribution in [3.05, 3.63) is 46.7 Å². The molecule has 1 aromatic carbocycles. The highest BCUT2D eigenvalue weighted by molar-refractivity contribution is 7.10. The van der Waals surface area contributed by atoms with Crippen LogP contribution in [0.2, 0.25) is 0 Å². The second-order valence-electron chi connectivity index (χ2n) is 5.87. The Labute approximate surface area is 150 Å². The number of rotatable bonds is 5. The molecular weight excluding hydrogens is 338 g/mol. The lowest BCUT2D eigenvalue weighted by Crippen LogP contribution is -2.50. The topological polar surface area (TPSA) is 70.7 Å². The SMILES string of the molecule is CNC(=O)[C@H]1CN(CC(=O)N[C@H](C)c2cccs2)c2ccccc2O1. The standard InChI is InChI=1S/C18H21N3O3S/c1-12(16-8-5-9-25-16)20-17(22)11-21-10-15(18(23)19-2)24-14-7-4-3-6-13(14)21/h3-9,12,15H,10-11H2,1-2H3,(H,19,23)(H,20,22)/t12-,15-/m1/s1. The fourth-order valence-electron chi connectivity index (χ4n) is 2.82. The van der Waals surface area contributed by atoms with Crippen molar-refractivity contribution in [3.63, 3.8) is 0 Å². The molecule has 2 heterocycles. The van der Waals surface area contributed by atoms with Crippen LogP contribution in [0.25, 0.3) is 0 Å². The number of nitrogens with zero attached hydrogens (tertiary/aromatic N) is 1. The van der Waals surface area contributed by atoms with E-state index in [1.165, 1.54) is 0 Å². The maximum Gasteiger partial charge on any atom is 0.262 e. The van der Waals surface area contributed by atoms with Gasteiger partial charge in [0.05, 0.1) is 24.8 Å². The zero-order chi connectivity index (χ0) is 17.8. The third-order valence-electron chi connectivity index (χ3n) is 4.08. The Morgan fingerprint density at radius 2 is 2.12 bits per heavy atom. The summed E-state index contributed by atoms with van der Waals surface area (Å²) in [5.41, 5.74) is 0.821. The van der Waals surface area contributed by atoms with Crippen LogP contribution in [-0.2, 0) is 9.59 Å². The van der Waals surface area contributed by atoms with Crippen molar-refractivity contribution >= 4 is 28.8 Å². The first-order valence-electron chi connectivity index (χ1n) is 8.13. The highest BCUT2D eigenvalue weighted by Crippen LogP contribution is 2.33. The molecule has 2 atom stereocenters. The molecule has 1 aliphatic rings. The number of nitrogens with one attached hydrogen (secondary N) is 2. The van der Waals surface area contributed by atoms with Gasteiger partial charge in [0, 0.05) is 11.9 Å². The number of carbonyl (C=O) groups is 2. The number of anilines is 1. The zero-order valence-corrected chi connectivity index (χ0v) is 15.0. The van der Waals surface area contributed by atoms with Gasteiger partial charge in [0.25, 0.3) is 5.91 Å². The summed E-state index contributed by atoms with van der Waals surface area (Å²) >= 11 is 1.61. The molecule has 0 bridgehead atoms. The summed E-state index contributed by atoms with van der Waals surface area (Å²) in [4.78, 5) is 27.5. The first kappa shape index (κ1) is 17.3. The van der Waals surface area contributed by atoms with Crippen LogP contribution in [0.15, 0.2) is 41.8 Å². The fraction of sp³-hybridized carbons (Fsp3) is 0.333. The first-order valence-corrected chi connectivity index (χ1v) is 9.01. The van der Waals surface area contributed by atoms with Crippen molar-refractivity contribution in [1.82, 2.24) is 10.6 Å². The van der Waals surface area contributed by atoms with E-state index in [9.17, 15) is 9.59 Å². The molecule has 0 radical (unpaired) electrons. The normalized spacial score (nSPS) is 17.2. The largest absolute Gasteiger partial charge is 0.477 e. The monoisotopic (exact) mass is 359 g/mol. The second kappa shape index (κ2) is 7.57. The Hall–Kier alpha value is -2.54. The predicted molar refractivity (Wildman–Crippen MR) is 98.0 cm³/mol. The molecule has 1 aliphatic heterocycles. The average molecular weight is 359 g/mol. The summed E-state index contributed by atoms with van der Waals surface area (Å²) in [7, 11) is 1.58. The van der Waals surface area contributed by atoms with E-state index < -0.39 is 6.10 Å². The van der Waals surface area contributed by atoms with Gasteiger partial charge in [-0.25, -0.2) is 0 Å². The fourth-order valence-corrected chi connectivity index (χ4v) is 3.56. The van der Waals surface area contributed by atoms with E-state index in [0.29, 0.717) is 12.3 Å². The number of hydrogen-bond acceptors (Lipinski definition) is 5. The van der Waals surface area contributed by atoms with Crippen LogP contribution in [0.1, 0.15) is 17.8 Å². The molecular formula is C18H21N3O3S. The van der Waals surface area contributed by atoms with Crippen LogP contribution in [0.3, 0.4) is 0 Å². The van der Waals surface area contributed by atoms with Gasteiger partial charge in [0.15, 0.2) is 6.10 Å². The highest BCUT2D eigenvalue weighted by atomic mass is 32.1. The van der Waals surface area contributed by atoms with Crippen LogP contribution in [-0.4, -0.2) is 38.1 Å². The molecule has 2 amide bonds. The number of para-hydroxylation sites is 2. The third-order valence-corrected chi connectivity index (χ3v) is 5.14. The molecule has 0 saturated carbocycles. The smallest absolute Gasteiger partial charge is 0.262 e. The van der Waals surface area contributed by atoms with E-state index >= 15 is 0 Å². The molecule has 25 heavy (non-hydrogen) atoms. The van der Waals surface area contributed by atoms with Crippen LogP contribution in [0.4, 0.5) is 5.69 Å². The van der Waals surface area contributed by atoms with E-state index in [0.717, 1.165) is 10.6 Å². The number of benzene rings is 1. The lowest BCUT2D eigenvalue weighted by atomic mass is 10.1. The Kier molecular flexibility index (Phi) is 5.23. The summed E-state index contributed by atoms with van der Waals surface area (Å²) in [5, 5.41) is 7.60. The summed E-state index contributed by atoms with van der Waals surface area (Å²) in [6.07, 6.45) is -0.637. The molecule has 1 aromatic heterocycles. The quantitative estimate of drug-likeness (QED) is 0.856. The summed E-state index contributed by atoms with van der Waals surface area (Å²) in [6.45, 7) is 2.46.